The summed E-state index contributed by atoms with van der Waals surface area (Å²) in [7, 11) is -2.52. The minimum atomic E-state index is -4.02. The predicted molar refractivity (Wildman–Crippen MR) is 110 cm³/mol. The molecule has 0 heterocycles. The highest BCUT2D eigenvalue weighted by Crippen LogP contribution is 2.17. The van der Waals surface area contributed by atoms with Gasteiger partial charge in [0.15, 0.2) is 15.6 Å². The van der Waals surface area contributed by atoms with Gasteiger partial charge >= 0.3 is 0 Å². The van der Waals surface area contributed by atoms with Crippen molar-refractivity contribution in [1.82, 2.24) is 0 Å². The number of rotatable bonds is 8. The lowest BCUT2D eigenvalue weighted by molar-refractivity contribution is -0.114. The summed E-state index contributed by atoms with van der Waals surface area (Å²) in [6.07, 6.45) is 0. The topological polar surface area (TPSA) is 119 Å². The molecule has 2 N–H and O–H groups in total. The number of ketones is 1. The zero-order chi connectivity index (χ0) is 21.6. The molecule has 0 bridgehead atoms. The summed E-state index contributed by atoms with van der Waals surface area (Å²) in [4.78, 5) is 35.7. The molecule has 0 aliphatic rings. The maximum Gasteiger partial charge on any atom is 0.239 e. The van der Waals surface area contributed by atoms with Crippen molar-refractivity contribution in [1.29, 1.82) is 0 Å². The monoisotopic (exact) mass is 418 g/mol. The first-order valence-corrected chi connectivity index (χ1v) is 10.4. The van der Waals surface area contributed by atoms with Crippen LogP contribution in [0.1, 0.15) is 24.2 Å². The maximum absolute atomic E-state index is 12.5. The van der Waals surface area contributed by atoms with Gasteiger partial charge in [0.05, 0.1) is 7.11 Å². The first-order chi connectivity index (χ1) is 13.6. The Balaban J connectivity index is 2.03. The summed E-state index contributed by atoms with van der Waals surface area (Å²) >= 11 is 0. The number of ether oxygens (including phenoxy) is 1. The Hall–Kier alpha value is -3.20. The molecule has 2 aromatic carbocycles. The number of hydrogen-bond donors (Lipinski definition) is 2. The smallest absolute Gasteiger partial charge is 0.239 e. The van der Waals surface area contributed by atoms with Crippen molar-refractivity contribution in [3.8, 4) is 5.75 Å². The third kappa shape index (κ3) is 6.15. The van der Waals surface area contributed by atoms with E-state index in [-0.39, 0.29) is 11.5 Å². The Morgan fingerprint density at radius 1 is 0.931 bits per heavy atom. The average molecular weight is 418 g/mol. The molecule has 0 aliphatic heterocycles. The van der Waals surface area contributed by atoms with E-state index in [1.165, 1.54) is 45.2 Å². The Bertz CT molecular complexity index is 998. The van der Waals surface area contributed by atoms with Gasteiger partial charge in [-0.3, -0.25) is 14.4 Å². The average Bonchev–Trinajstić information content (AvgIpc) is 2.67. The molecule has 0 spiro atoms. The van der Waals surface area contributed by atoms with Crippen LogP contribution in [-0.2, 0) is 19.4 Å². The normalized spacial score (nSPS) is 12.0. The van der Waals surface area contributed by atoms with Crippen LogP contribution < -0.4 is 15.4 Å². The van der Waals surface area contributed by atoms with Crippen molar-refractivity contribution in [3.63, 3.8) is 0 Å². The van der Waals surface area contributed by atoms with Gasteiger partial charge in [0.25, 0.3) is 0 Å². The van der Waals surface area contributed by atoms with E-state index in [4.69, 9.17) is 4.74 Å². The molecule has 0 aliphatic carbocycles. The SMILES string of the molecule is COc1ccc(NC(=O)CS(=O)(=O)C(C)C(=O)c2ccc(NC(C)=O)cc2)cc1. The molecule has 1 unspecified atom stereocenters. The fourth-order valence-corrected chi connectivity index (χ4v) is 3.65. The van der Waals surface area contributed by atoms with Gasteiger partial charge in [-0.15, -0.1) is 0 Å². The zero-order valence-corrected chi connectivity index (χ0v) is 17.1. The third-order valence-corrected chi connectivity index (χ3v) is 6.06. The third-order valence-electron chi connectivity index (χ3n) is 4.10. The summed E-state index contributed by atoms with van der Waals surface area (Å²) in [6.45, 7) is 2.60. The predicted octanol–water partition coefficient (Wildman–Crippen LogP) is 2.28. The van der Waals surface area contributed by atoms with Crippen molar-refractivity contribution in [2.45, 2.75) is 19.1 Å². The molecule has 1 atom stereocenters. The minimum Gasteiger partial charge on any atom is -0.497 e. The number of methoxy groups -OCH3 is 1. The van der Waals surface area contributed by atoms with E-state index in [0.29, 0.717) is 17.1 Å². The van der Waals surface area contributed by atoms with Crippen LogP contribution in [0.25, 0.3) is 0 Å². The van der Waals surface area contributed by atoms with Crippen molar-refractivity contribution >= 4 is 38.8 Å². The number of nitrogens with one attached hydrogen (secondary N) is 2. The van der Waals surface area contributed by atoms with Crippen molar-refractivity contribution in [2.24, 2.45) is 0 Å². The van der Waals surface area contributed by atoms with Crippen LogP contribution in [0.4, 0.5) is 11.4 Å². The Morgan fingerprint density at radius 2 is 1.45 bits per heavy atom. The van der Waals surface area contributed by atoms with Crippen molar-refractivity contribution < 1.29 is 27.5 Å². The van der Waals surface area contributed by atoms with E-state index in [9.17, 15) is 22.8 Å². The molecule has 154 valence electrons. The van der Waals surface area contributed by atoms with Gasteiger partial charge in [0.1, 0.15) is 16.8 Å². The summed E-state index contributed by atoms with van der Waals surface area (Å²) < 4.78 is 30.0. The Labute approximate surface area is 169 Å². The van der Waals surface area contributed by atoms with E-state index >= 15 is 0 Å². The molecule has 0 fully saturated rings. The molecule has 8 nitrogen and oxygen atoms in total. The van der Waals surface area contributed by atoms with Crippen molar-refractivity contribution in [3.05, 3.63) is 54.1 Å². The molecule has 0 saturated heterocycles. The van der Waals surface area contributed by atoms with Crippen LogP contribution in [0.5, 0.6) is 5.75 Å². The second kappa shape index (κ2) is 9.33. The van der Waals surface area contributed by atoms with Crippen LogP contribution in [0, 0.1) is 0 Å². The highest BCUT2D eigenvalue weighted by atomic mass is 32.2. The van der Waals surface area contributed by atoms with E-state index in [1.807, 2.05) is 0 Å². The number of sulfone groups is 1. The van der Waals surface area contributed by atoms with E-state index in [2.05, 4.69) is 10.6 Å². The fourth-order valence-electron chi connectivity index (χ4n) is 2.50. The zero-order valence-electron chi connectivity index (χ0n) is 16.3. The first-order valence-electron chi connectivity index (χ1n) is 8.69. The van der Waals surface area contributed by atoms with E-state index in [1.54, 1.807) is 24.3 Å². The quantitative estimate of drug-likeness (QED) is 0.635. The summed E-state index contributed by atoms with van der Waals surface area (Å²) in [5.41, 5.74) is 1.08. The van der Waals surface area contributed by atoms with Crippen LogP contribution in [0.15, 0.2) is 48.5 Å². The minimum absolute atomic E-state index is 0.172. The van der Waals surface area contributed by atoms with Crippen LogP contribution in [0.3, 0.4) is 0 Å². The lowest BCUT2D eigenvalue weighted by atomic mass is 10.1. The number of Topliss-reactive ketones (excluding diaryl/α,β-unsaturated/α-hetero) is 1. The second-order valence-corrected chi connectivity index (χ2v) is 8.67. The van der Waals surface area contributed by atoms with E-state index < -0.39 is 32.5 Å². The number of anilines is 2. The van der Waals surface area contributed by atoms with Gasteiger partial charge in [-0.25, -0.2) is 8.42 Å². The molecular formula is C20H22N2O6S. The molecule has 0 aromatic heterocycles. The van der Waals surface area contributed by atoms with Gasteiger partial charge < -0.3 is 15.4 Å². The summed E-state index contributed by atoms with van der Waals surface area (Å²) in [5, 5.41) is 3.65. The number of carbonyl (C=O) groups excluding carboxylic acids is 3. The number of carbonyl (C=O) groups is 3. The maximum atomic E-state index is 12.5. The van der Waals surface area contributed by atoms with Gasteiger partial charge in [-0.05, 0) is 55.5 Å². The van der Waals surface area contributed by atoms with Crippen LogP contribution in [-0.4, -0.2) is 44.1 Å². The Kier molecular flexibility index (Phi) is 7.11. The number of amides is 2. The molecule has 2 amide bonds. The molecule has 2 rings (SSSR count). The lowest BCUT2D eigenvalue weighted by Crippen LogP contribution is -2.34. The molecular weight excluding hydrogens is 396 g/mol. The van der Waals surface area contributed by atoms with Crippen molar-refractivity contribution in [2.75, 3.05) is 23.5 Å². The highest BCUT2D eigenvalue weighted by Gasteiger charge is 2.31. The second-order valence-electron chi connectivity index (χ2n) is 6.35. The molecule has 0 saturated carbocycles. The molecule has 9 heteroatoms. The van der Waals surface area contributed by atoms with Crippen LogP contribution in [0.2, 0.25) is 0 Å². The van der Waals surface area contributed by atoms with Gasteiger partial charge in [0, 0.05) is 23.9 Å². The first kappa shape index (κ1) is 22.1. The Morgan fingerprint density at radius 3 is 1.97 bits per heavy atom. The fraction of sp³-hybridized carbons (Fsp3) is 0.250. The van der Waals surface area contributed by atoms with Gasteiger partial charge in [0.2, 0.25) is 11.8 Å². The van der Waals surface area contributed by atoms with Gasteiger partial charge in [-0.2, -0.15) is 0 Å². The molecule has 2 aromatic rings. The standard InChI is InChI=1S/C20H22N2O6S/c1-13(20(25)15-4-6-16(7-5-15)21-14(2)23)29(26,27)12-19(24)22-17-8-10-18(28-3)11-9-17/h4-11,13H,12H2,1-3H3,(H,21,23)(H,22,24). The molecule has 0 radical (unpaired) electrons. The molecule has 29 heavy (non-hydrogen) atoms. The highest BCUT2D eigenvalue weighted by molar-refractivity contribution is 7.93. The number of hydrogen-bond acceptors (Lipinski definition) is 6. The van der Waals surface area contributed by atoms with E-state index in [0.717, 1.165) is 0 Å². The number of benzene rings is 2. The summed E-state index contributed by atoms with van der Waals surface area (Å²) in [6, 6.07) is 12.3. The lowest BCUT2D eigenvalue weighted by Gasteiger charge is -2.13. The largest absolute Gasteiger partial charge is 0.497 e. The van der Waals surface area contributed by atoms with Gasteiger partial charge in [-0.1, -0.05) is 0 Å². The summed E-state index contributed by atoms with van der Waals surface area (Å²) in [5.74, 6) is -1.86. The van der Waals surface area contributed by atoms with Crippen LogP contribution >= 0.6 is 0 Å².